The summed E-state index contributed by atoms with van der Waals surface area (Å²) in [6.45, 7) is 6.00. The third kappa shape index (κ3) is 3.80. The topological polar surface area (TPSA) is 68.5 Å². The Morgan fingerprint density at radius 2 is 2.13 bits per heavy atom. The fourth-order valence-corrected chi connectivity index (χ4v) is 2.29. The number of carbonyl (C=O) groups excluding carboxylic acids is 1. The molecule has 0 spiro atoms. The van der Waals surface area contributed by atoms with E-state index in [1.807, 2.05) is 39.0 Å². The first kappa shape index (κ1) is 16.8. The molecule has 2 rings (SSSR count). The largest absolute Gasteiger partial charge is 0.466 e. The minimum absolute atomic E-state index is 0.121. The average molecular weight is 315 g/mol. The van der Waals surface area contributed by atoms with E-state index >= 15 is 0 Å². The maximum Gasteiger partial charge on any atom is 0.345 e. The van der Waals surface area contributed by atoms with Gasteiger partial charge in [0, 0.05) is 17.5 Å². The maximum atomic E-state index is 12.3. The van der Waals surface area contributed by atoms with Crippen molar-refractivity contribution in [1.29, 1.82) is 0 Å². The van der Waals surface area contributed by atoms with Crippen molar-refractivity contribution in [1.82, 2.24) is 0 Å². The predicted molar refractivity (Wildman–Crippen MR) is 91.7 cm³/mol. The standard InChI is InChI=1S/C18H21NO4/c1-5-12-6-7-13-15(10-12)23-18(21)14(8-9-16(20)22-4)17(13)19-11(2)3/h6-11,19H,5H2,1-4H3. The van der Waals surface area contributed by atoms with E-state index in [0.29, 0.717) is 16.8 Å². The van der Waals surface area contributed by atoms with Crippen LogP contribution in [0.25, 0.3) is 17.0 Å². The van der Waals surface area contributed by atoms with Crippen molar-refractivity contribution in [3.63, 3.8) is 0 Å². The molecule has 0 unspecified atom stereocenters. The average Bonchev–Trinajstić information content (AvgIpc) is 2.52. The normalized spacial score (nSPS) is 11.3. The number of esters is 1. The summed E-state index contributed by atoms with van der Waals surface area (Å²) < 4.78 is 10.00. The van der Waals surface area contributed by atoms with Crippen molar-refractivity contribution in [2.75, 3.05) is 12.4 Å². The Hall–Kier alpha value is -2.56. The zero-order valence-electron chi connectivity index (χ0n) is 13.8. The van der Waals surface area contributed by atoms with E-state index in [0.717, 1.165) is 17.4 Å². The van der Waals surface area contributed by atoms with Crippen LogP contribution >= 0.6 is 0 Å². The van der Waals surface area contributed by atoms with Gasteiger partial charge in [-0.1, -0.05) is 13.0 Å². The molecule has 0 amide bonds. The summed E-state index contributed by atoms with van der Waals surface area (Å²) in [6, 6.07) is 5.92. The van der Waals surface area contributed by atoms with Crippen LogP contribution in [0.2, 0.25) is 0 Å². The second-order valence-electron chi connectivity index (χ2n) is 5.52. The highest BCUT2D eigenvalue weighted by molar-refractivity contribution is 5.96. The number of rotatable bonds is 5. The number of nitrogens with one attached hydrogen (secondary N) is 1. The van der Waals surface area contributed by atoms with Gasteiger partial charge in [0.05, 0.1) is 18.4 Å². The van der Waals surface area contributed by atoms with Crippen LogP contribution in [0.3, 0.4) is 0 Å². The van der Waals surface area contributed by atoms with Gasteiger partial charge in [-0.05, 0) is 44.0 Å². The van der Waals surface area contributed by atoms with E-state index in [4.69, 9.17) is 4.42 Å². The van der Waals surface area contributed by atoms with E-state index in [1.165, 1.54) is 19.3 Å². The lowest BCUT2D eigenvalue weighted by atomic mass is 10.1. The van der Waals surface area contributed by atoms with Gasteiger partial charge >= 0.3 is 11.6 Å². The molecular weight excluding hydrogens is 294 g/mol. The minimum Gasteiger partial charge on any atom is -0.466 e. The highest BCUT2D eigenvalue weighted by Crippen LogP contribution is 2.28. The summed E-state index contributed by atoms with van der Waals surface area (Å²) in [7, 11) is 1.29. The molecular formula is C18H21NO4. The number of ether oxygens (including phenoxy) is 1. The molecule has 0 aliphatic carbocycles. The Balaban J connectivity index is 2.69. The number of hydrogen-bond acceptors (Lipinski definition) is 5. The van der Waals surface area contributed by atoms with Crippen LogP contribution in [0.5, 0.6) is 0 Å². The molecule has 0 fully saturated rings. The lowest BCUT2D eigenvalue weighted by molar-refractivity contribution is -0.134. The van der Waals surface area contributed by atoms with Crippen molar-refractivity contribution in [2.45, 2.75) is 33.2 Å². The predicted octanol–water partition coefficient (Wildman–Crippen LogP) is 3.36. The number of fused-ring (bicyclic) bond motifs is 1. The van der Waals surface area contributed by atoms with Crippen LogP contribution in [-0.2, 0) is 16.0 Å². The van der Waals surface area contributed by atoms with Crippen molar-refractivity contribution in [3.05, 3.63) is 45.8 Å². The van der Waals surface area contributed by atoms with Crippen molar-refractivity contribution in [2.24, 2.45) is 0 Å². The Labute approximate surface area is 134 Å². The molecule has 2 aromatic rings. The van der Waals surface area contributed by atoms with Gasteiger partial charge in [-0.15, -0.1) is 0 Å². The van der Waals surface area contributed by atoms with Crippen LogP contribution in [0, 0.1) is 0 Å². The number of methoxy groups -OCH3 is 1. The number of carbonyl (C=O) groups is 1. The number of anilines is 1. The van der Waals surface area contributed by atoms with E-state index in [2.05, 4.69) is 10.1 Å². The Morgan fingerprint density at radius 3 is 2.74 bits per heavy atom. The van der Waals surface area contributed by atoms with Gasteiger partial charge in [0.15, 0.2) is 0 Å². The lowest BCUT2D eigenvalue weighted by Gasteiger charge is -2.15. The van der Waals surface area contributed by atoms with Crippen LogP contribution in [0.1, 0.15) is 31.9 Å². The third-order valence-corrected chi connectivity index (χ3v) is 3.44. The van der Waals surface area contributed by atoms with Crippen molar-refractivity contribution < 1.29 is 13.9 Å². The van der Waals surface area contributed by atoms with Crippen LogP contribution in [0.4, 0.5) is 5.69 Å². The molecule has 5 nitrogen and oxygen atoms in total. The summed E-state index contributed by atoms with van der Waals surface area (Å²) in [5.74, 6) is -0.527. The molecule has 1 aromatic heterocycles. The van der Waals surface area contributed by atoms with Gasteiger partial charge < -0.3 is 14.5 Å². The van der Waals surface area contributed by atoms with Crippen LogP contribution in [0.15, 0.2) is 33.5 Å². The molecule has 23 heavy (non-hydrogen) atoms. The quantitative estimate of drug-likeness (QED) is 0.520. The number of benzene rings is 1. The second-order valence-corrected chi connectivity index (χ2v) is 5.52. The molecule has 0 bridgehead atoms. The number of hydrogen-bond donors (Lipinski definition) is 1. The SMILES string of the molecule is CCc1ccc2c(NC(C)C)c(C=CC(=O)OC)c(=O)oc2c1. The first-order valence-electron chi connectivity index (χ1n) is 7.58. The Morgan fingerprint density at radius 1 is 1.39 bits per heavy atom. The second kappa shape index (κ2) is 7.13. The van der Waals surface area contributed by atoms with Crippen LogP contribution < -0.4 is 10.9 Å². The molecule has 0 radical (unpaired) electrons. The van der Waals surface area contributed by atoms with Crippen LogP contribution in [-0.4, -0.2) is 19.1 Å². The molecule has 0 atom stereocenters. The molecule has 0 aliphatic rings. The smallest absolute Gasteiger partial charge is 0.345 e. The fourth-order valence-electron chi connectivity index (χ4n) is 2.29. The highest BCUT2D eigenvalue weighted by atomic mass is 16.5. The molecule has 122 valence electrons. The monoisotopic (exact) mass is 315 g/mol. The lowest BCUT2D eigenvalue weighted by Crippen LogP contribution is -2.16. The van der Waals surface area contributed by atoms with E-state index < -0.39 is 11.6 Å². The van der Waals surface area contributed by atoms with E-state index in [-0.39, 0.29) is 6.04 Å². The molecule has 0 aliphatic heterocycles. The molecule has 1 heterocycles. The van der Waals surface area contributed by atoms with Gasteiger partial charge in [0.25, 0.3) is 0 Å². The summed E-state index contributed by atoms with van der Waals surface area (Å²) in [4.78, 5) is 23.6. The maximum absolute atomic E-state index is 12.3. The first-order chi connectivity index (χ1) is 11.0. The van der Waals surface area contributed by atoms with E-state index in [9.17, 15) is 9.59 Å². The van der Waals surface area contributed by atoms with Gasteiger partial charge in [0.2, 0.25) is 0 Å². The van der Waals surface area contributed by atoms with Gasteiger partial charge in [0.1, 0.15) is 5.58 Å². The third-order valence-electron chi connectivity index (χ3n) is 3.44. The molecule has 5 heteroatoms. The summed E-state index contributed by atoms with van der Waals surface area (Å²) in [5, 5.41) is 4.08. The highest BCUT2D eigenvalue weighted by Gasteiger charge is 2.14. The van der Waals surface area contributed by atoms with E-state index in [1.54, 1.807) is 0 Å². The zero-order chi connectivity index (χ0) is 17.0. The Kier molecular flexibility index (Phi) is 5.21. The fraction of sp³-hybridized carbons (Fsp3) is 0.333. The van der Waals surface area contributed by atoms with Gasteiger partial charge in [-0.3, -0.25) is 0 Å². The van der Waals surface area contributed by atoms with Crippen molar-refractivity contribution >= 4 is 28.7 Å². The summed E-state index contributed by atoms with van der Waals surface area (Å²) in [5.41, 5.74) is 2.10. The molecule has 1 aromatic carbocycles. The molecule has 0 saturated heterocycles. The number of aryl methyl sites for hydroxylation is 1. The van der Waals surface area contributed by atoms with Gasteiger partial charge in [-0.25, -0.2) is 9.59 Å². The van der Waals surface area contributed by atoms with Gasteiger partial charge in [-0.2, -0.15) is 0 Å². The molecule has 0 saturated carbocycles. The summed E-state index contributed by atoms with van der Waals surface area (Å²) in [6.07, 6.45) is 3.50. The molecule has 1 N–H and O–H groups in total. The Bertz CT molecular complexity index is 803. The first-order valence-corrected chi connectivity index (χ1v) is 7.58. The van der Waals surface area contributed by atoms with Crippen molar-refractivity contribution in [3.8, 4) is 0 Å². The minimum atomic E-state index is -0.527. The zero-order valence-corrected chi connectivity index (χ0v) is 13.8. The summed E-state index contributed by atoms with van der Waals surface area (Å²) >= 11 is 0.